The van der Waals surface area contributed by atoms with Gasteiger partial charge in [0.15, 0.2) is 5.65 Å². The molecular formula is C32H28F3N7O2S. The minimum Gasteiger partial charge on any atom is -0.353 e. The highest BCUT2D eigenvalue weighted by molar-refractivity contribution is 7.88. The van der Waals surface area contributed by atoms with Crippen LogP contribution in [-0.2, 0) is 23.1 Å². The number of hydrogen-bond donors (Lipinski definition) is 3. The summed E-state index contributed by atoms with van der Waals surface area (Å²) in [5, 5.41) is 9.03. The molecule has 1 aliphatic rings. The van der Waals surface area contributed by atoms with Crippen molar-refractivity contribution in [2.24, 2.45) is 0 Å². The lowest BCUT2D eigenvalue weighted by Crippen LogP contribution is -2.24. The highest BCUT2D eigenvalue weighted by Crippen LogP contribution is 2.35. The van der Waals surface area contributed by atoms with Gasteiger partial charge in [-0.2, -0.15) is 5.10 Å². The first-order chi connectivity index (χ1) is 21.5. The minimum atomic E-state index is -3.45. The van der Waals surface area contributed by atoms with Crippen LogP contribution in [0.2, 0.25) is 0 Å². The van der Waals surface area contributed by atoms with Gasteiger partial charge in [0.2, 0.25) is 10.0 Å². The number of halogens is 3. The number of fused-ring (bicyclic) bond motifs is 2. The van der Waals surface area contributed by atoms with E-state index in [2.05, 4.69) is 29.9 Å². The maximum absolute atomic E-state index is 14.6. The van der Waals surface area contributed by atoms with Crippen molar-refractivity contribution in [1.82, 2.24) is 34.8 Å². The van der Waals surface area contributed by atoms with Gasteiger partial charge in [-0.05, 0) is 59.2 Å². The standard InChI is InChI=1S/C32H28F3N7O2S/c1-45(43,44)38-15-20-10-22(12-24(33)11-20)29-25-14-28(39-27(25)5-7-36-29)30-26-13-23(16-37-31(26)41-40-30)21-4-2-3-19(9-21)17-42-8-6-32(34,35)18-42/h2-5,7,9-14,16,38-39H,6,8,15,17-18H2,1H3,(H,37,40,41). The highest BCUT2D eigenvalue weighted by atomic mass is 32.2. The Labute approximate surface area is 256 Å². The number of aromatic amines is 2. The van der Waals surface area contributed by atoms with Crippen LogP contribution in [0.15, 0.2) is 73.1 Å². The first kappa shape index (κ1) is 29.1. The van der Waals surface area contributed by atoms with Crippen LogP contribution in [0, 0.1) is 5.82 Å². The number of pyridine rings is 2. The number of hydrogen-bond acceptors (Lipinski definition) is 6. The van der Waals surface area contributed by atoms with E-state index in [0.29, 0.717) is 46.9 Å². The zero-order valence-electron chi connectivity index (χ0n) is 24.1. The van der Waals surface area contributed by atoms with E-state index in [1.807, 2.05) is 42.5 Å². The van der Waals surface area contributed by atoms with E-state index in [0.717, 1.165) is 39.2 Å². The number of nitrogens with one attached hydrogen (secondary N) is 3. The molecule has 0 radical (unpaired) electrons. The molecule has 0 spiro atoms. The van der Waals surface area contributed by atoms with Crippen molar-refractivity contribution < 1.29 is 21.6 Å². The number of benzene rings is 2. The predicted octanol–water partition coefficient (Wildman–Crippen LogP) is 5.86. The summed E-state index contributed by atoms with van der Waals surface area (Å²) >= 11 is 0. The van der Waals surface area contributed by atoms with Crippen molar-refractivity contribution in [2.75, 3.05) is 19.3 Å². The molecule has 5 heterocycles. The molecule has 0 unspecified atom stereocenters. The fraction of sp³-hybridized carbons (Fsp3) is 0.219. The van der Waals surface area contributed by atoms with E-state index in [1.165, 1.54) is 12.1 Å². The summed E-state index contributed by atoms with van der Waals surface area (Å²) in [7, 11) is -3.45. The average molecular weight is 632 g/mol. The molecule has 13 heteroatoms. The van der Waals surface area contributed by atoms with Crippen LogP contribution >= 0.6 is 0 Å². The lowest BCUT2D eigenvalue weighted by molar-refractivity contribution is 0.0115. The van der Waals surface area contributed by atoms with Gasteiger partial charge in [0.05, 0.1) is 24.2 Å². The van der Waals surface area contributed by atoms with Gasteiger partial charge in [0.25, 0.3) is 5.92 Å². The van der Waals surface area contributed by atoms with E-state index in [9.17, 15) is 21.6 Å². The molecule has 1 aliphatic heterocycles. The fourth-order valence-electron chi connectivity index (χ4n) is 5.83. The third-order valence-electron chi connectivity index (χ3n) is 7.90. The molecule has 2 aromatic carbocycles. The third-order valence-corrected chi connectivity index (χ3v) is 8.57. The van der Waals surface area contributed by atoms with Crippen molar-refractivity contribution in [3.8, 4) is 33.8 Å². The number of sulfonamides is 1. The van der Waals surface area contributed by atoms with Gasteiger partial charge in [-0.15, -0.1) is 0 Å². The second kappa shape index (κ2) is 11.1. The number of aromatic nitrogens is 5. The smallest absolute Gasteiger partial charge is 0.261 e. The molecule has 45 heavy (non-hydrogen) atoms. The maximum Gasteiger partial charge on any atom is 0.261 e. The molecule has 0 bridgehead atoms. The second-order valence-corrected chi connectivity index (χ2v) is 13.3. The summed E-state index contributed by atoms with van der Waals surface area (Å²) in [5.74, 6) is -3.15. The predicted molar refractivity (Wildman–Crippen MR) is 166 cm³/mol. The Morgan fingerprint density at radius 3 is 2.60 bits per heavy atom. The number of nitrogens with zero attached hydrogens (tertiary/aromatic N) is 4. The van der Waals surface area contributed by atoms with Crippen LogP contribution in [0.25, 0.3) is 55.7 Å². The molecule has 1 saturated heterocycles. The van der Waals surface area contributed by atoms with Crippen molar-refractivity contribution in [3.05, 3.63) is 90.0 Å². The van der Waals surface area contributed by atoms with Crippen LogP contribution in [0.1, 0.15) is 17.5 Å². The molecule has 4 aromatic heterocycles. The van der Waals surface area contributed by atoms with Crippen molar-refractivity contribution >= 4 is 32.0 Å². The van der Waals surface area contributed by atoms with E-state index in [4.69, 9.17) is 0 Å². The van der Waals surface area contributed by atoms with Gasteiger partial charge in [0, 0.05) is 65.9 Å². The van der Waals surface area contributed by atoms with Gasteiger partial charge >= 0.3 is 0 Å². The summed E-state index contributed by atoms with van der Waals surface area (Å²) in [6, 6.07) is 17.9. The molecule has 9 nitrogen and oxygen atoms in total. The van der Waals surface area contributed by atoms with E-state index in [1.54, 1.807) is 23.4 Å². The molecule has 0 aliphatic carbocycles. The molecule has 0 amide bonds. The Balaban J connectivity index is 1.22. The Bertz CT molecular complexity index is 2180. The van der Waals surface area contributed by atoms with Crippen LogP contribution < -0.4 is 4.72 Å². The average Bonchev–Trinajstić information content (AvgIpc) is 3.71. The van der Waals surface area contributed by atoms with E-state index < -0.39 is 21.8 Å². The summed E-state index contributed by atoms with van der Waals surface area (Å²) in [6.07, 6.45) is 4.30. The number of likely N-dealkylation sites (tertiary alicyclic amines) is 1. The Hall–Kier alpha value is -4.59. The molecule has 0 atom stereocenters. The number of rotatable bonds is 8. The zero-order valence-corrected chi connectivity index (χ0v) is 24.9. The highest BCUT2D eigenvalue weighted by Gasteiger charge is 2.37. The van der Waals surface area contributed by atoms with Gasteiger partial charge < -0.3 is 4.98 Å². The Morgan fingerprint density at radius 2 is 1.80 bits per heavy atom. The molecule has 230 valence electrons. The minimum absolute atomic E-state index is 0.0519. The first-order valence-corrected chi connectivity index (χ1v) is 16.2. The topological polar surface area (TPSA) is 120 Å². The first-order valence-electron chi connectivity index (χ1n) is 14.3. The lowest BCUT2D eigenvalue weighted by atomic mass is 10.0. The van der Waals surface area contributed by atoms with Crippen LogP contribution in [0.4, 0.5) is 13.2 Å². The van der Waals surface area contributed by atoms with Crippen molar-refractivity contribution in [3.63, 3.8) is 0 Å². The Kier molecular flexibility index (Phi) is 7.18. The number of alkyl halides is 2. The van der Waals surface area contributed by atoms with Gasteiger partial charge in [0.1, 0.15) is 11.5 Å². The molecule has 7 rings (SSSR count). The summed E-state index contributed by atoms with van der Waals surface area (Å²) < 4.78 is 67.5. The summed E-state index contributed by atoms with van der Waals surface area (Å²) in [4.78, 5) is 14.3. The summed E-state index contributed by atoms with van der Waals surface area (Å²) in [6.45, 7) is 0.531. The third kappa shape index (κ3) is 6.19. The monoisotopic (exact) mass is 631 g/mol. The fourth-order valence-corrected chi connectivity index (χ4v) is 6.26. The van der Waals surface area contributed by atoms with Gasteiger partial charge in [-0.25, -0.2) is 31.3 Å². The van der Waals surface area contributed by atoms with Crippen LogP contribution in [0.5, 0.6) is 0 Å². The van der Waals surface area contributed by atoms with Crippen LogP contribution in [-0.4, -0.2) is 63.7 Å². The second-order valence-electron chi connectivity index (χ2n) is 11.5. The van der Waals surface area contributed by atoms with Gasteiger partial charge in [-0.1, -0.05) is 18.2 Å². The van der Waals surface area contributed by atoms with Crippen molar-refractivity contribution in [1.29, 1.82) is 0 Å². The van der Waals surface area contributed by atoms with E-state index >= 15 is 0 Å². The van der Waals surface area contributed by atoms with E-state index in [-0.39, 0.29) is 19.5 Å². The zero-order chi connectivity index (χ0) is 31.3. The molecule has 1 fully saturated rings. The summed E-state index contributed by atoms with van der Waals surface area (Å²) in [5.41, 5.74) is 6.89. The van der Waals surface area contributed by atoms with Crippen LogP contribution in [0.3, 0.4) is 0 Å². The maximum atomic E-state index is 14.6. The normalized spacial score (nSPS) is 15.4. The quantitative estimate of drug-likeness (QED) is 0.194. The largest absolute Gasteiger partial charge is 0.353 e. The SMILES string of the molecule is CS(=O)(=O)NCc1cc(F)cc(-c2nccc3[nH]c(-c4n[nH]c5ncc(-c6cccc(CN7CCC(F)(F)C7)c6)cc45)cc23)c1. The lowest BCUT2D eigenvalue weighted by Gasteiger charge is -2.16. The molecule has 0 saturated carbocycles. The van der Waals surface area contributed by atoms with Crippen molar-refractivity contribution in [2.45, 2.75) is 25.4 Å². The molecular weight excluding hydrogens is 603 g/mol. The molecule has 3 N–H and O–H groups in total. The number of H-pyrrole nitrogens is 2. The Morgan fingerprint density at radius 1 is 0.956 bits per heavy atom. The molecule has 6 aromatic rings. The van der Waals surface area contributed by atoms with Gasteiger partial charge in [-0.3, -0.25) is 15.0 Å².